The Balaban J connectivity index is 2.31. The molecule has 1 atom stereocenters. The molecule has 0 aromatic carbocycles. The summed E-state index contributed by atoms with van der Waals surface area (Å²) in [7, 11) is 2.52. The SMILES string of the molecule is COC(=O)CC1CN(C(=O)O)CCN1c1c([N+](=O)[O-])c(=O)n(C)c2ccc(C#N)nc12. The van der Waals surface area contributed by atoms with Gasteiger partial charge in [0, 0.05) is 26.7 Å². The molecule has 3 rings (SSSR count). The lowest BCUT2D eigenvalue weighted by atomic mass is 10.1. The maximum absolute atomic E-state index is 12.8. The maximum Gasteiger partial charge on any atom is 0.407 e. The van der Waals surface area contributed by atoms with E-state index in [0.717, 1.165) is 9.47 Å². The number of fused-ring (bicyclic) bond motifs is 1. The van der Waals surface area contributed by atoms with E-state index in [-0.39, 0.29) is 48.5 Å². The molecule has 2 aromatic rings. The molecular formula is C18H18N6O7. The van der Waals surface area contributed by atoms with Gasteiger partial charge in [-0.2, -0.15) is 5.26 Å². The molecular weight excluding hydrogens is 412 g/mol. The molecule has 162 valence electrons. The minimum atomic E-state index is -1.21. The van der Waals surface area contributed by atoms with Gasteiger partial charge in [-0.15, -0.1) is 0 Å². The number of aryl methyl sites for hydroxylation is 1. The third kappa shape index (κ3) is 3.82. The van der Waals surface area contributed by atoms with Gasteiger partial charge in [0.1, 0.15) is 17.3 Å². The van der Waals surface area contributed by atoms with Crippen LogP contribution in [0.4, 0.5) is 16.2 Å². The average Bonchev–Trinajstić information content (AvgIpc) is 2.75. The number of ether oxygens (including phenoxy) is 1. The largest absolute Gasteiger partial charge is 0.469 e. The second-order valence-corrected chi connectivity index (χ2v) is 6.85. The molecule has 1 saturated heterocycles. The molecule has 1 amide bonds. The summed E-state index contributed by atoms with van der Waals surface area (Å²) in [6.07, 6.45) is -1.48. The number of nitriles is 1. The van der Waals surface area contributed by atoms with Crippen LogP contribution in [0.15, 0.2) is 16.9 Å². The van der Waals surface area contributed by atoms with E-state index in [2.05, 4.69) is 9.72 Å². The second kappa shape index (κ2) is 8.27. The lowest BCUT2D eigenvalue weighted by Gasteiger charge is -2.41. The van der Waals surface area contributed by atoms with Crippen LogP contribution in [-0.4, -0.2) is 69.3 Å². The Kier molecular flexibility index (Phi) is 5.73. The number of nitrogens with zero attached hydrogens (tertiary/aromatic N) is 6. The number of nitro groups is 1. The Bertz CT molecular complexity index is 1180. The molecule has 31 heavy (non-hydrogen) atoms. The van der Waals surface area contributed by atoms with Crippen molar-refractivity contribution in [2.24, 2.45) is 7.05 Å². The zero-order chi connectivity index (χ0) is 22.9. The van der Waals surface area contributed by atoms with E-state index in [4.69, 9.17) is 0 Å². The zero-order valence-corrected chi connectivity index (χ0v) is 16.6. The number of esters is 1. The first-order valence-corrected chi connectivity index (χ1v) is 9.09. The highest BCUT2D eigenvalue weighted by molar-refractivity contribution is 5.94. The smallest absolute Gasteiger partial charge is 0.407 e. The van der Waals surface area contributed by atoms with Crippen molar-refractivity contribution in [3.63, 3.8) is 0 Å². The molecule has 0 saturated carbocycles. The van der Waals surface area contributed by atoms with E-state index in [1.165, 1.54) is 31.2 Å². The van der Waals surface area contributed by atoms with Crippen molar-refractivity contribution in [3.05, 3.63) is 38.3 Å². The number of rotatable bonds is 4. The van der Waals surface area contributed by atoms with Gasteiger partial charge in [-0.3, -0.25) is 19.7 Å². The standard InChI is InChI=1S/C18H18N6O7/c1-21-12-4-3-10(8-19)20-14(12)15(16(17(21)26)24(29)30)23-6-5-22(18(27)28)9-11(23)7-13(25)31-2/h3-4,11H,5-7,9H2,1-2H3,(H,27,28). The molecule has 13 nitrogen and oxygen atoms in total. The summed E-state index contributed by atoms with van der Waals surface area (Å²) in [5.41, 5.74) is -1.55. The van der Waals surface area contributed by atoms with Crippen molar-refractivity contribution >= 4 is 34.5 Å². The van der Waals surface area contributed by atoms with Crippen LogP contribution in [0.5, 0.6) is 0 Å². The molecule has 13 heteroatoms. The van der Waals surface area contributed by atoms with Crippen molar-refractivity contribution in [2.75, 3.05) is 31.6 Å². The first-order chi connectivity index (χ1) is 14.7. The van der Waals surface area contributed by atoms with Gasteiger partial charge in [-0.1, -0.05) is 0 Å². The minimum Gasteiger partial charge on any atom is -0.469 e. The average molecular weight is 430 g/mol. The third-order valence-electron chi connectivity index (χ3n) is 5.16. The third-order valence-corrected chi connectivity index (χ3v) is 5.16. The van der Waals surface area contributed by atoms with Crippen LogP contribution in [0.3, 0.4) is 0 Å². The van der Waals surface area contributed by atoms with Crippen LogP contribution in [0.2, 0.25) is 0 Å². The summed E-state index contributed by atoms with van der Waals surface area (Å²) in [6.45, 7) is -0.190. The summed E-state index contributed by atoms with van der Waals surface area (Å²) in [5.74, 6) is -0.649. The molecule has 3 heterocycles. The van der Waals surface area contributed by atoms with Gasteiger partial charge in [0.15, 0.2) is 5.69 Å². The van der Waals surface area contributed by atoms with Crippen molar-refractivity contribution < 1.29 is 24.4 Å². The normalized spacial score (nSPS) is 16.1. The van der Waals surface area contributed by atoms with E-state index >= 15 is 0 Å². The summed E-state index contributed by atoms with van der Waals surface area (Å²) >= 11 is 0. The first kappa shape index (κ1) is 21.5. The van der Waals surface area contributed by atoms with E-state index in [1.54, 1.807) is 0 Å². The number of piperazine rings is 1. The maximum atomic E-state index is 12.8. The van der Waals surface area contributed by atoms with Crippen molar-refractivity contribution in [2.45, 2.75) is 12.5 Å². The van der Waals surface area contributed by atoms with Crippen molar-refractivity contribution in [3.8, 4) is 6.07 Å². The van der Waals surface area contributed by atoms with Gasteiger partial charge in [-0.05, 0) is 12.1 Å². The summed E-state index contributed by atoms with van der Waals surface area (Å²) in [6, 6.07) is 3.85. The first-order valence-electron chi connectivity index (χ1n) is 9.09. The Morgan fingerprint density at radius 3 is 2.71 bits per heavy atom. The van der Waals surface area contributed by atoms with Gasteiger partial charge < -0.3 is 24.2 Å². The molecule has 2 aromatic heterocycles. The molecule has 1 fully saturated rings. The van der Waals surface area contributed by atoms with Crippen molar-refractivity contribution in [1.82, 2.24) is 14.5 Å². The fraction of sp³-hybridized carbons (Fsp3) is 0.389. The van der Waals surface area contributed by atoms with E-state index in [9.17, 15) is 34.9 Å². The number of carbonyl (C=O) groups is 2. The number of hydrogen-bond donors (Lipinski definition) is 1. The number of carbonyl (C=O) groups excluding carboxylic acids is 1. The quantitative estimate of drug-likeness (QED) is 0.407. The number of amides is 1. The highest BCUT2D eigenvalue weighted by Crippen LogP contribution is 2.35. The van der Waals surface area contributed by atoms with Gasteiger partial charge in [0.25, 0.3) is 0 Å². The van der Waals surface area contributed by atoms with Crippen LogP contribution < -0.4 is 10.5 Å². The molecule has 1 N–H and O–H groups in total. The lowest BCUT2D eigenvalue weighted by molar-refractivity contribution is -0.385. The monoisotopic (exact) mass is 430 g/mol. The van der Waals surface area contributed by atoms with E-state index in [1.807, 2.05) is 6.07 Å². The molecule has 0 bridgehead atoms. The topological polar surface area (TPSA) is 172 Å². The number of hydrogen-bond acceptors (Lipinski definition) is 9. The molecule has 1 unspecified atom stereocenters. The Labute approximate surface area is 174 Å². The zero-order valence-electron chi connectivity index (χ0n) is 16.6. The van der Waals surface area contributed by atoms with E-state index < -0.39 is 34.3 Å². The summed E-state index contributed by atoms with van der Waals surface area (Å²) in [4.78, 5) is 54.0. The number of methoxy groups -OCH3 is 1. The van der Waals surface area contributed by atoms with Gasteiger partial charge in [0.2, 0.25) is 0 Å². The van der Waals surface area contributed by atoms with Crippen LogP contribution in [0.25, 0.3) is 11.0 Å². The van der Waals surface area contributed by atoms with Crippen LogP contribution in [-0.2, 0) is 16.6 Å². The number of anilines is 1. The molecule has 1 aliphatic heterocycles. The molecule has 0 spiro atoms. The van der Waals surface area contributed by atoms with Crippen LogP contribution in [0, 0.1) is 21.4 Å². The second-order valence-electron chi connectivity index (χ2n) is 6.85. The summed E-state index contributed by atoms with van der Waals surface area (Å²) < 4.78 is 5.75. The fourth-order valence-corrected chi connectivity index (χ4v) is 3.65. The number of aromatic nitrogens is 2. The summed E-state index contributed by atoms with van der Waals surface area (Å²) in [5, 5.41) is 30.5. The molecule has 1 aliphatic rings. The fourth-order valence-electron chi connectivity index (χ4n) is 3.65. The Morgan fingerprint density at radius 1 is 1.42 bits per heavy atom. The van der Waals surface area contributed by atoms with Gasteiger partial charge in [-0.25, -0.2) is 9.78 Å². The van der Waals surface area contributed by atoms with Crippen molar-refractivity contribution in [1.29, 1.82) is 5.26 Å². The van der Waals surface area contributed by atoms with E-state index in [0.29, 0.717) is 0 Å². The number of carboxylic acid groups (broad SMARTS) is 1. The highest BCUT2D eigenvalue weighted by atomic mass is 16.6. The van der Waals surface area contributed by atoms with Gasteiger partial charge in [0.05, 0.1) is 30.0 Å². The van der Waals surface area contributed by atoms with Gasteiger partial charge >= 0.3 is 23.3 Å². The Hall–Kier alpha value is -4.21. The molecule has 0 radical (unpaired) electrons. The van der Waals surface area contributed by atoms with Crippen LogP contribution >= 0.6 is 0 Å². The minimum absolute atomic E-state index is 0.0151. The predicted octanol–water partition coefficient (Wildman–Crippen LogP) is 0.445. The predicted molar refractivity (Wildman–Crippen MR) is 106 cm³/mol. The highest BCUT2D eigenvalue weighted by Gasteiger charge is 2.38. The molecule has 0 aliphatic carbocycles. The van der Waals surface area contributed by atoms with Crippen LogP contribution in [0.1, 0.15) is 12.1 Å². The number of pyridine rings is 2. The lowest BCUT2D eigenvalue weighted by Crippen LogP contribution is -2.55. The Morgan fingerprint density at radius 2 is 2.13 bits per heavy atom.